The second-order valence-electron chi connectivity index (χ2n) is 4.98. The van der Waals surface area contributed by atoms with Gasteiger partial charge in [-0.1, -0.05) is 12.1 Å². The highest BCUT2D eigenvalue weighted by Crippen LogP contribution is 2.26. The Morgan fingerprint density at radius 2 is 2.12 bits per heavy atom. The third kappa shape index (κ3) is 2.03. The maximum absolute atomic E-state index is 5.43. The van der Waals surface area contributed by atoms with Crippen molar-refractivity contribution in [1.82, 2.24) is 9.55 Å². The van der Waals surface area contributed by atoms with Crippen molar-refractivity contribution in [2.45, 2.75) is 26.3 Å². The molecule has 2 rings (SSSR count). The molecule has 0 atom stereocenters. The minimum absolute atomic E-state index is 0.157. The number of methoxy groups -OCH3 is 1. The number of hydrogen-bond acceptors (Lipinski definition) is 2. The fraction of sp³-hybridized carbons (Fsp3) is 0.462. The Labute approximate surface area is 106 Å². The molecule has 1 aromatic carbocycles. The maximum atomic E-state index is 5.43. The van der Waals surface area contributed by atoms with Crippen molar-refractivity contribution in [3.05, 3.63) is 28.5 Å². The first-order chi connectivity index (χ1) is 7.97. The largest absolute Gasteiger partial charge is 0.382 e. The van der Waals surface area contributed by atoms with Crippen LogP contribution in [0.4, 0.5) is 0 Å². The standard InChI is InChI=1S/C13H18N2OS/c1-9-6-5-7-10-11(9)15(12(17)14-10)13(2,3)8-16-4/h5-7H,8H2,1-4H3,(H,14,17). The van der Waals surface area contributed by atoms with Crippen LogP contribution in [0.3, 0.4) is 0 Å². The number of ether oxygens (including phenoxy) is 1. The molecule has 1 heterocycles. The van der Waals surface area contributed by atoms with E-state index in [0.717, 1.165) is 10.3 Å². The molecule has 0 saturated carbocycles. The van der Waals surface area contributed by atoms with Gasteiger partial charge in [-0.25, -0.2) is 0 Å². The van der Waals surface area contributed by atoms with Crippen molar-refractivity contribution in [3.8, 4) is 0 Å². The fourth-order valence-electron chi connectivity index (χ4n) is 2.32. The van der Waals surface area contributed by atoms with Gasteiger partial charge in [-0.3, -0.25) is 0 Å². The van der Waals surface area contributed by atoms with E-state index < -0.39 is 0 Å². The van der Waals surface area contributed by atoms with E-state index in [-0.39, 0.29) is 5.54 Å². The van der Waals surface area contributed by atoms with E-state index in [1.165, 1.54) is 11.1 Å². The summed E-state index contributed by atoms with van der Waals surface area (Å²) in [5.74, 6) is 0. The van der Waals surface area contributed by atoms with Gasteiger partial charge < -0.3 is 14.3 Å². The van der Waals surface area contributed by atoms with Gasteiger partial charge in [-0.05, 0) is 44.6 Å². The Bertz CT molecular complexity index is 595. The van der Waals surface area contributed by atoms with Crippen molar-refractivity contribution in [1.29, 1.82) is 0 Å². The Kier molecular flexibility index (Phi) is 3.10. The molecule has 0 amide bonds. The number of hydrogen-bond donors (Lipinski definition) is 1. The third-order valence-corrected chi connectivity index (χ3v) is 3.29. The quantitative estimate of drug-likeness (QED) is 0.846. The lowest BCUT2D eigenvalue weighted by Gasteiger charge is -2.27. The highest BCUT2D eigenvalue weighted by Gasteiger charge is 2.24. The van der Waals surface area contributed by atoms with Gasteiger partial charge in [0.15, 0.2) is 4.77 Å². The first-order valence-electron chi connectivity index (χ1n) is 5.67. The summed E-state index contributed by atoms with van der Waals surface area (Å²) in [6.07, 6.45) is 0. The van der Waals surface area contributed by atoms with Crippen molar-refractivity contribution in [3.63, 3.8) is 0 Å². The van der Waals surface area contributed by atoms with Gasteiger partial charge in [-0.2, -0.15) is 0 Å². The van der Waals surface area contributed by atoms with E-state index in [1.54, 1.807) is 7.11 Å². The lowest BCUT2D eigenvalue weighted by atomic mass is 10.1. The zero-order chi connectivity index (χ0) is 12.6. The predicted octanol–water partition coefficient (Wildman–Crippen LogP) is 3.39. The van der Waals surface area contributed by atoms with E-state index >= 15 is 0 Å². The number of para-hydroxylation sites is 1. The highest BCUT2D eigenvalue weighted by molar-refractivity contribution is 7.71. The van der Waals surface area contributed by atoms with Crippen LogP contribution in [-0.2, 0) is 10.3 Å². The van der Waals surface area contributed by atoms with Crippen molar-refractivity contribution < 1.29 is 4.74 Å². The van der Waals surface area contributed by atoms with Crippen molar-refractivity contribution >= 4 is 23.3 Å². The SMILES string of the molecule is COCC(C)(C)n1c(=S)[nH]c2cccc(C)c21. The second-order valence-corrected chi connectivity index (χ2v) is 5.37. The molecule has 17 heavy (non-hydrogen) atoms. The molecule has 1 aromatic heterocycles. The van der Waals surface area contributed by atoms with Crippen LogP contribution in [0.15, 0.2) is 18.2 Å². The Morgan fingerprint density at radius 3 is 2.76 bits per heavy atom. The van der Waals surface area contributed by atoms with Crippen LogP contribution in [0.2, 0.25) is 0 Å². The molecule has 0 radical (unpaired) electrons. The summed E-state index contributed by atoms with van der Waals surface area (Å²) in [5.41, 5.74) is 3.31. The molecule has 3 nitrogen and oxygen atoms in total. The van der Waals surface area contributed by atoms with Gasteiger partial charge in [0.1, 0.15) is 0 Å². The molecule has 4 heteroatoms. The molecule has 2 aromatic rings. The summed E-state index contributed by atoms with van der Waals surface area (Å²) in [6.45, 7) is 6.99. The van der Waals surface area contributed by atoms with E-state index in [0.29, 0.717) is 6.61 Å². The van der Waals surface area contributed by atoms with Crippen LogP contribution in [0.1, 0.15) is 19.4 Å². The van der Waals surface area contributed by atoms with Gasteiger partial charge in [0, 0.05) is 7.11 Å². The summed E-state index contributed by atoms with van der Waals surface area (Å²) in [7, 11) is 1.72. The summed E-state index contributed by atoms with van der Waals surface area (Å²) >= 11 is 5.43. The lowest BCUT2D eigenvalue weighted by molar-refractivity contribution is 0.111. The monoisotopic (exact) mass is 250 g/mol. The van der Waals surface area contributed by atoms with Crippen LogP contribution in [0, 0.1) is 11.7 Å². The molecule has 0 unspecified atom stereocenters. The van der Waals surface area contributed by atoms with Crippen LogP contribution < -0.4 is 0 Å². The number of aromatic amines is 1. The lowest BCUT2D eigenvalue weighted by Crippen LogP contribution is -2.31. The average Bonchev–Trinajstić information content (AvgIpc) is 2.56. The molecular weight excluding hydrogens is 232 g/mol. The highest BCUT2D eigenvalue weighted by atomic mass is 32.1. The smallest absolute Gasteiger partial charge is 0.178 e. The van der Waals surface area contributed by atoms with Crippen molar-refractivity contribution in [2.24, 2.45) is 0 Å². The van der Waals surface area contributed by atoms with E-state index in [1.807, 2.05) is 6.07 Å². The second kappa shape index (κ2) is 4.27. The number of aromatic nitrogens is 2. The van der Waals surface area contributed by atoms with Gasteiger partial charge in [-0.15, -0.1) is 0 Å². The van der Waals surface area contributed by atoms with Gasteiger partial charge in [0.2, 0.25) is 0 Å². The predicted molar refractivity (Wildman–Crippen MR) is 73.1 cm³/mol. The first-order valence-corrected chi connectivity index (χ1v) is 6.08. The molecule has 1 N–H and O–H groups in total. The molecule has 0 spiro atoms. The van der Waals surface area contributed by atoms with Crippen LogP contribution in [-0.4, -0.2) is 23.3 Å². The molecule has 0 aliphatic carbocycles. The summed E-state index contributed by atoms with van der Waals surface area (Å²) in [5, 5.41) is 0. The third-order valence-electron chi connectivity index (χ3n) is 3.01. The van der Waals surface area contributed by atoms with Crippen LogP contribution >= 0.6 is 12.2 Å². The van der Waals surface area contributed by atoms with Gasteiger partial charge in [0.05, 0.1) is 23.2 Å². The fourth-order valence-corrected chi connectivity index (χ4v) is 2.77. The molecule has 0 bridgehead atoms. The van der Waals surface area contributed by atoms with E-state index in [2.05, 4.69) is 42.5 Å². The number of aryl methyl sites for hydroxylation is 1. The maximum Gasteiger partial charge on any atom is 0.178 e. The number of H-pyrrole nitrogens is 1. The molecular formula is C13H18N2OS. The number of benzene rings is 1. The minimum Gasteiger partial charge on any atom is -0.382 e. The summed E-state index contributed by atoms with van der Waals surface area (Å²) in [4.78, 5) is 3.25. The van der Waals surface area contributed by atoms with Gasteiger partial charge >= 0.3 is 0 Å². The topological polar surface area (TPSA) is 29.9 Å². The number of rotatable bonds is 3. The Hall–Kier alpha value is -1.13. The minimum atomic E-state index is -0.157. The molecule has 92 valence electrons. The molecule has 0 fully saturated rings. The van der Waals surface area contributed by atoms with Gasteiger partial charge in [0.25, 0.3) is 0 Å². The zero-order valence-electron chi connectivity index (χ0n) is 10.7. The van der Waals surface area contributed by atoms with Crippen LogP contribution in [0.5, 0.6) is 0 Å². The number of imidazole rings is 1. The normalized spacial score (nSPS) is 12.2. The molecule has 0 aliphatic rings. The van der Waals surface area contributed by atoms with Crippen molar-refractivity contribution in [2.75, 3.05) is 13.7 Å². The molecule has 0 saturated heterocycles. The zero-order valence-corrected chi connectivity index (χ0v) is 11.5. The summed E-state index contributed by atoms with van der Waals surface area (Å²) < 4.78 is 8.19. The molecule has 0 aliphatic heterocycles. The van der Waals surface area contributed by atoms with Crippen LogP contribution in [0.25, 0.3) is 11.0 Å². The number of nitrogens with one attached hydrogen (secondary N) is 1. The number of fused-ring (bicyclic) bond motifs is 1. The summed E-state index contributed by atoms with van der Waals surface area (Å²) in [6, 6.07) is 6.19. The van der Waals surface area contributed by atoms with E-state index in [9.17, 15) is 0 Å². The number of nitrogens with zero attached hydrogens (tertiary/aromatic N) is 1. The Balaban J connectivity index is 2.77. The Morgan fingerprint density at radius 1 is 1.41 bits per heavy atom. The average molecular weight is 250 g/mol. The first kappa shape index (κ1) is 12.3. The van der Waals surface area contributed by atoms with E-state index in [4.69, 9.17) is 17.0 Å².